The van der Waals surface area contributed by atoms with Gasteiger partial charge >= 0.3 is 0 Å². The number of ether oxygens (including phenoxy) is 2. The van der Waals surface area contributed by atoms with E-state index in [9.17, 15) is 4.79 Å². The zero-order valence-electron chi connectivity index (χ0n) is 18.0. The zero-order valence-corrected chi connectivity index (χ0v) is 19.6. The van der Waals surface area contributed by atoms with E-state index in [4.69, 9.17) is 31.2 Å². The maximum Gasteiger partial charge on any atom is 0.271 e. The Labute approximate surface area is 208 Å². The lowest BCUT2D eigenvalue weighted by Gasteiger charge is -2.02. The Morgan fingerprint density at radius 1 is 1.03 bits per heavy atom. The van der Waals surface area contributed by atoms with Crippen LogP contribution in [0.25, 0.3) is 26.8 Å². The Hall–Kier alpha value is -4.21. The predicted molar refractivity (Wildman–Crippen MR) is 134 cm³/mol. The van der Waals surface area contributed by atoms with Gasteiger partial charge in [-0.2, -0.15) is 10.2 Å². The van der Waals surface area contributed by atoms with E-state index in [-0.39, 0.29) is 12.7 Å². The third-order valence-electron chi connectivity index (χ3n) is 5.36. The molecule has 3 aromatic carbocycles. The first-order valence-electron chi connectivity index (χ1n) is 10.6. The molecule has 0 fully saturated rings. The van der Waals surface area contributed by atoms with Crippen molar-refractivity contribution in [3.63, 3.8) is 0 Å². The van der Waals surface area contributed by atoms with E-state index in [1.807, 2.05) is 36.4 Å². The predicted octanol–water partition coefficient (Wildman–Crippen LogP) is 5.27. The normalized spacial score (nSPS) is 12.5. The number of rotatable bonds is 5. The van der Waals surface area contributed by atoms with Gasteiger partial charge in [0.1, 0.15) is 16.4 Å². The summed E-state index contributed by atoms with van der Waals surface area (Å²) >= 11 is 7.51. The minimum Gasteiger partial charge on any atom is -0.454 e. The molecule has 10 heteroatoms. The van der Waals surface area contributed by atoms with E-state index < -0.39 is 0 Å². The molecule has 172 valence electrons. The molecule has 1 N–H and O–H groups in total. The van der Waals surface area contributed by atoms with E-state index in [2.05, 4.69) is 10.5 Å². The summed E-state index contributed by atoms with van der Waals surface area (Å²) in [5.74, 6) is 1.08. The standard InChI is InChI=1S/C25H16ClN5O3S/c26-18-9-6-15(7-10-18)22-19(13-27-29-23(32)16-4-2-1-3-5-16)31-25(28-22)35-24(30-31)17-8-11-20-21(12-17)34-14-33-20/h1-13H,14H2,(H,29,32)/b27-13+. The molecular weight excluding hydrogens is 486 g/mol. The minimum absolute atomic E-state index is 0.208. The third kappa shape index (κ3) is 4.11. The van der Waals surface area contributed by atoms with Crippen molar-refractivity contribution in [1.82, 2.24) is 20.0 Å². The maximum absolute atomic E-state index is 12.4. The van der Waals surface area contributed by atoms with Gasteiger partial charge in [0.2, 0.25) is 11.8 Å². The lowest BCUT2D eigenvalue weighted by Crippen LogP contribution is -2.17. The van der Waals surface area contributed by atoms with Gasteiger partial charge in [0.25, 0.3) is 5.91 Å². The van der Waals surface area contributed by atoms with Gasteiger partial charge in [-0.25, -0.2) is 14.9 Å². The molecule has 35 heavy (non-hydrogen) atoms. The largest absolute Gasteiger partial charge is 0.454 e. The van der Waals surface area contributed by atoms with Crippen LogP contribution < -0.4 is 14.9 Å². The molecule has 1 amide bonds. The van der Waals surface area contributed by atoms with E-state index in [0.717, 1.165) is 16.1 Å². The summed E-state index contributed by atoms with van der Waals surface area (Å²) in [6.45, 7) is 0.208. The number of aromatic nitrogens is 3. The van der Waals surface area contributed by atoms with Crippen molar-refractivity contribution in [1.29, 1.82) is 0 Å². The van der Waals surface area contributed by atoms with Crippen molar-refractivity contribution in [3.05, 3.63) is 89.1 Å². The molecule has 0 atom stereocenters. The van der Waals surface area contributed by atoms with Crippen LogP contribution in [0.2, 0.25) is 5.02 Å². The first-order valence-corrected chi connectivity index (χ1v) is 11.8. The van der Waals surface area contributed by atoms with Gasteiger partial charge in [-0.05, 0) is 42.5 Å². The summed E-state index contributed by atoms with van der Waals surface area (Å²) in [6, 6.07) is 21.9. The Kier molecular flexibility index (Phi) is 5.40. The van der Waals surface area contributed by atoms with Crippen molar-refractivity contribution in [2.45, 2.75) is 0 Å². The minimum atomic E-state index is -0.310. The van der Waals surface area contributed by atoms with Crippen LogP contribution in [0.3, 0.4) is 0 Å². The SMILES string of the molecule is O=C(N/N=C/c1c(-c2ccc(Cl)cc2)nc2sc(-c3ccc4c(c3)OCO4)nn12)c1ccccc1. The zero-order chi connectivity index (χ0) is 23.8. The summed E-state index contributed by atoms with van der Waals surface area (Å²) in [5.41, 5.74) is 6.13. The molecule has 0 saturated carbocycles. The first-order chi connectivity index (χ1) is 17.2. The summed E-state index contributed by atoms with van der Waals surface area (Å²) in [5, 5.41) is 10.4. The number of hydrogen-bond acceptors (Lipinski definition) is 7. The Morgan fingerprint density at radius 3 is 2.63 bits per heavy atom. The van der Waals surface area contributed by atoms with Gasteiger partial charge < -0.3 is 9.47 Å². The molecule has 3 heterocycles. The second-order valence-electron chi connectivity index (χ2n) is 7.59. The summed E-state index contributed by atoms with van der Waals surface area (Å²) in [7, 11) is 0. The number of nitrogens with one attached hydrogen (secondary N) is 1. The monoisotopic (exact) mass is 501 g/mol. The third-order valence-corrected chi connectivity index (χ3v) is 6.57. The van der Waals surface area contributed by atoms with E-state index in [1.165, 1.54) is 11.3 Å². The van der Waals surface area contributed by atoms with E-state index >= 15 is 0 Å². The summed E-state index contributed by atoms with van der Waals surface area (Å²) < 4.78 is 12.6. The number of amides is 1. The molecule has 0 aliphatic carbocycles. The van der Waals surface area contributed by atoms with Crippen LogP contribution in [0, 0.1) is 0 Å². The highest BCUT2D eigenvalue weighted by atomic mass is 35.5. The first kappa shape index (κ1) is 21.3. The number of benzene rings is 3. The van der Waals surface area contributed by atoms with Crippen LogP contribution in [0.1, 0.15) is 16.1 Å². The number of carbonyl (C=O) groups is 1. The summed E-state index contributed by atoms with van der Waals surface area (Å²) in [4.78, 5) is 17.9. The molecular formula is C25H16ClN5O3S. The molecule has 0 radical (unpaired) electrons. The molecule has 0 spiro atoms. The lowest BCUT2D eigenvalue weighted by atomic mass is 10.1. The highest BCUT2D eigenvalue weighted by molar-refractivity contribution is 7.19. The number of halogens is 1. The highest BCUT2D eigenvalue weighted by Gasteiger charge is 2.20. The maximum atomic E-state index is 12.4. The average molecular weight is 502 g/mol. The van der Waals surface area contributed by atoms with Crippen molar-refractivity contribution < 1.29 is 14.3 Å². The topological polar surface area (TPSA) is 90.1 Å². The molecule has 0 bridgehead atoms. The fraction of sp³-hybridized carbons (Fsp3) is 0.0400. The Bertz CT molecular complexity index is 1580. The Morgan fingerprint density at radius 2 is 1.80 bits per heavy atom. The van der Waals surface area contributed by atoms with Gasteiger partial charge in [0.05, 0.1) is 6.21 Å². The average Bonchev–Trinajstić information content (AvgIpc) is 3.60. The molecule has 8 nitrogen and oxygen atoms in total. The van der Waals surface area contributed by atoms with Crippen LogP contribution >= 0.6 is 22.9 Å². The molecule has 5 aromatic rings. The molecule has 0 saturated heterocycles. The number of hydrazone groups is 1. The number of imidazole rings is 1. The van der Waals surface area contributed by atoms with Crippen LogP contribution in [0.4, 0.5) is 0 Å². The second kappa shape index (κ2) is 8.86. The van der Waals surface area contributed by atoms with Gasteiger partial charge in [0.15, 0.2) is 11.5 Å². The van der Waals surface area contributed by atoms with Gasteiger partial charge in [-0.15, -0.1) is 0 Å². The van der Waals surface area contributed by atoms with Crippen LogP contribution in [-0.2, 0) is 0 Å². The van der Waals surface area contributed by atoms with E-state index in [0.29, 0.717) is 38.4 Å². The van der Waals surface area contributed by atoms with Crippen molar-refractivity contribution in [2.24, 2.45) is 5.10 Å². The van der Waals surface area contributed by atoms with Crippen molar-refractivity contribution in [3.8, 4) is 33.3 Å². The fourth-order valence-corrected chi connectivity index (χ4v) is 4.68. The van der Waals surface area contributed by atoms with Crippen LogP contribution in [0.15, 0.2) is 77.9 Å². The van der Waals surface area contributed by atoms with Gasteiger partial charge in [0, 0.05) is 21.7 Å². The lowest BCUT2D eigenvalue weighted by molar-refractivity contribution is 0.0955. The quantitative estimate of drug-likeness (QED) is 0.262. The van der Waals surface area contributed by atoms with E-state index in [1.54, 1.807) is 47.1 Å². The van der Waals surface area contributed by atoms with Crippen LogP contribution in [0.5, 0.6) is 11.5 Å². The number of nitrogens with zero attached hydrogens (tertiary/aromatic N) is 4. The highest BCUT2D eigenvalue weighted by Crippen LogP contribution is 2.38. The molecule has 1 aliphatic heterocycles. The van der Waals surface area contributed by atoms with Crippen LogP contribution in [-0.4, -0.2) is 33.5 Å². The van der Waals surface area contributed by atoms with Gasteiger partial charge in [-0.1, -0.05) is 53.3 Å². The number of hydrogen-bond donors (Lipinski definition) is 1. The second-order valence-corrected chi connectivity index (χ2v) is 8.98. The molecule has 1 aliphatic rings. The molecule has 0 unspecified atom stereocenters. The smallest absolute Gasteiger partial charge is 0.271 e. The Balaban J connectivity index is 1.38. The van der Waals surface area contributed by atoms with Gasteiger partial charge in [-0.3, -0.25) is 4.79 Å². The molecule has 2 aromatic heterocycles. The molecule has 6 rings (SSSR count). The van der Waals surface area contributed by atoms with Crippen molar-refractivity contribution >= 4 is 40.0 Å². The fourth-order valence-electron chi connectivity index (χ4n) is 3.65. The number of carbonyl (C=O) groups excluding carboxylic acids is 1. The summed E-state index contributed by atoms with van der Waals surface area (Å²) in [6.07, 6.45) is 1.55. The number of fused-ring (bicyclic) bond motifs is 2. The van der Waals surface area contributed by atoms with Crippen molar-refractivity contribution in [2.75, 3.05) is 6.79 Å².